The summed E-state index contributed by atoms with van der Waals surface area (Å²) in [7, 11) is 0. The van der Waals surface area contributed by atoms with Crippen LogP contribution < -0.4 is 5.32 Å². The average molecular weight is 417 g/mol. The molecule has 0 aliphatic carbocycles. The van der Waals surface area contributed by atoms with Crippen LogP contribution in [0.5, 0.6) is 0 Å². The molecule has 1 heterocycles. The first-order valence-electron chi connectivity index (χ1n) is 9.70. The lowest BCUT2D eigenvalue weighted by atomic mass is 9.90. The Balaban J connectivity index is 1.66. The normalized spacial score (nSPS) is 17.8. The van der Waals surface area contributed by atoms with Crippen molar-refractivity contribution in [3.63, 3.8) is 0 Å². The summed E-state index contributed by atoms with van der Waals surface area (Å²) in [6, 6.07) is 15.6. The molecule has 148 valence electrons. The largest absolute Gasteiger partial charge is 0.380 e. The van der Waals surface area contributed by atoms with Crippen molar-refractivity contribution in [2.75, 3.05) is 13.1 Å². The second kappa shape index (κ2) is 9.99. The van der Waals surface area contributed by atoms with Gasteiger partial charge in [-0.3, -0.25) is 4.79 Å². The quantitative estimate of drug-likeness (QED) is 0.678. The number of carbonyl (C=O) groups excluding carboxylic acids is 1. The van der Waals surface area contributed by atoms with E-state index < -0.39 is 0 Å². The fourth-order valence-electron chi connectivity index (χ4n) is 3.86. The Labute approximate surface area is 177 Å². The summed E-state index contributed by atoms with van der Waals surface area (Å²) in [5.74, 6) is 0.609. The van der Waals surface area contributed by atoms with Gasteiger partial charge in [-0.15, -0.1) is 0 Å². The van der Waals surface area contributed by atoms with Gasteiger partial charge in [0.2, 0.25) is 5.91 Å². The number of halogens is 2. The Morgan fingerprint density at radius 2 is 1.96 bits per heavy atom. The van der Waals surface area contributed by atoms with Gasteiger partial charge in [-0.05, 0) is 54.6 Å². The zero-order chi connectivity index (χ0) is 19.9. The molecule has 1 aliphatic heterocycles. The van der Waals surface area contributed by atoms with Crippen LogP contribution in [0.2, 0.25) is 10.0 Å². The molecular weight excluding hydrogens is 391 g/mol. The van der Waals surface area contributed by atoms with E-state index in [1.165, 1.54) is 5.56 Å². The van der Waals surface area contributed by atoms with Gasteiger partial charge in [-0.1, -0.05) is 66.2 Å². The van der Waals surface area contributed by atoms with E-state index in [-0.39, 0.29) is 11.9 Å². The van der Waals surface area contributed by atoms with Crippen LogP contribution >= 0.6 is 23.2 Å². The molecule has 1 fully saturated rings. The van der Waals surface area contributed by atoms with Crippen molar-refractivity contribution < 1.29 is 4.79 Å². The summed E-state index contributed by atoms with van der Waals surface area (Å²) in [5.41, 5.74) is 2.30. The molecule has 0 spiro atoms. The van der Waals surface area contributed by atoms with Gasteiger partial charge in [0.1, 0.15) is 6.04 Å². The number of hydrogen-bond donors (Lipinski definition) is 1. The van der Waals surface area contributed by atoms with Crippen molar-refractivity contribution in [2.24, 2.45) is 5.92 Å². The Bertz CT molecular complexity index is 810. The van der Waals surface area contributed by atoms with Gasteiger partial charge in [-0.25, -0.2) is 0 Å². The SMILES string of the molecule is C=CNC(Cc1ccc(Cl)c(Cl)c1)C(=O)N1CCCC(Cc2ccccc2)C1. The van der Waals surface area contributed by atoms with Crippen LogP contribution in [0.1, 0.15) is 24.0 Å². The highest BCUT2D eigenvalue weighted by atomic mass is 35.5. The molecule has 2 aromatic rings. The van der Waals surface area contributed by atoms with Crippen LogP contribution in [0.25, 0.3) is 0 Å². The van der Waals surface area contributed by atoms with Crippen molar-refractivity contribution in [3.8, 4) is 0 Å². The number of carbonyl (C=O) groups is 1. The van der Waals surface area contributed by atoms with Crippen molar-refractivity contribution in [3.05, 3.63) is 82.5 Å². The van der Waals surface area contributed by atoms with Crippen LogP contribution in [0.15, 0.2) is 61.3 Å². The van der Waals surface area contributed by atoms with E-state index in [4.69, 9.17) is 23.2 Å². The van der Waals surface area contributed by atoms with Gasteiger partial charge in [-0.2, -0.15) is 0 Å². The van der Waals surface area contributed by atoms with E-state index in [0.29, 0.717) is 22.4 Å². The molecule has 2 atom stereocenters. The lowest BCUT2D eigenvalue weighted by Gasteiger charge is -2.35. The minimum atomic E-state index is -0.356. The van der Waals surface area contributed by atoms with Gasteiger partial charge in [0.05, 0.1) is 10.0 Å². The highest BCUT2D eigenvalue weighted by Gasteiger charge is 2.28. The fourth-order valence-corrected chi connectivity index (χ4v) is 4.18. The summed E-state index contributed by atoms with van der Waals surface area (Å²) >= 11 is 12.1. The highest BCUT2D eigenvalue weighted by Crippen LogP contribution is 2.25. The van der Waals surface area contributed by atoms with E-state index in [2.05, 4.69) is 36.2 Å². The summed E-state index contributed by atoms with van der Waals surface area (Å²) in [6.45, 7) is 5.35. The molecule has 0 aromatic heterocycles. The first-order valence-corrected chi connectivity index (χ1v) is 10.5. The number of nitrogens with one attached hydrogen (secondary N) is 1. The number of hydrogen-bond acceptors (Lipinski definition) is 2. The number of nitrogens with zero attached hydrogens (tertiary/aromatic N) is 1. The van der Waals surface area contributed by atoms with Crippen molar-refractivity contribution >= 4 is 29.1 Å². The standard InChI is InChI=1S/C23H26Cl2N2O/c1-2-26-22(15-18-10-11-20(24)21(25)14-18)23(28)27-12-6-9-19(16-27)13-17-7-4-3-5-8-17/h2-5,7-8,10-11,14,19,22,26H,1,6,9,12-13,15-16H2. The second-order valence-electron chi connectivity index (χ2n) is 7.36. The van der Waals surface area contributed by atoms with Gasteiger partial charge in [0.15, 0.2) is 0 Å². The zero-order valence-corrected chi connectivity index (χ0v) is 17.4. The first kappa shape index (κ1) is 20.8. The number of piperidine rings is 1. The molecule has 1 aliphatic rings. The molecule has 3 rings (SSSR count). The molecule has 1 amide bonds. The lowest BCUT2D eigenvalue weighted by molar-refractivity contribution is -0.135. The van der Waals surface area contributed by atoms with E-state index in [9.17, 15) is 4.79 Å². The monoisotopic (exact) mass is 416 g/mol. The maximum Gasteiger partial charge on any atom is 0.245 e. The van der Waals surface area contributed by atoms with Crippen LogP contribution in [0, 0.1) is 5.92 Å². The molecule has 5 heteroatoms. The Kier molecular flexibility index (Phi) is 7.41. The van der Waals surface area contributed by atoms with E-state index in [0.717, 1.165) is 37.9 Å². The minimum absolute atomic E-state index is 0.115. The molecule has 2 aromatic carbocycles. The van der Waals surface area contributed by atoms with E-state index >= 15 is 0 Å². The summed E-state index contributed by atoms with van der Waals surface area (Å²) < 4.78 is 0. The first-order chi connectivity index (χ1) is 13.6. The molecule has 1 N–H and O–H groups in total. The molecule has 0 saturated carbocycles. The Morgan fingerprint density at radius 3 is 2.68 bits per heavy atom. The smallest absolute Gasteiger partial charge is 0.245 e. The van der Waals surface area contributed by atoms with Crippen molar-refractivity contribution in [2.45, 2.75) is 31.7 Å². The minimum Gasteiger partial charge on any atom is -0.380 e. The van der Waals surface area contributed by atoms with Crippen LogP contribution in [0.4, 0.5) is 0 Å². The molecule has 2 unspecified atom stereocenters. The predicted octanol–water partition coefficient (Wildman–Crippen LogP) is 5.12. The molecule has 28 heavy (non-hydrogen) atoms. The molecule has 3 nitrogen and oxygen atoms in total. The van der Waals surface area contributed by atoms with Crippen molar-refractivity contribution in [1.29, 1.82) is 0 Å². The van der Waals surface area contributed by atoms with Gasteiger partial charge in [0.25, 0.3) is 0 Å². The third-order valence-electron chi connectivity index (χ3n) is 5.24. The number of amides is 1. The second-order valence-corrected chi connectivity index (χ2v) is 8.17. The third kappa shape index (κ3) is 5.52. The maximum atomic E-state index is 13.2. The number of rotatable bonds is 7. The third-order valence-corrected chi connectivity index (χ3v) is 5.98. The van der Waals surface area contributed by atoms with Crippen LogP contribution in [-0.4, -0.2) is 29.9 Å². The fraction of sp³-hybridized carbons (Fsp3) is 0.348. The summed E-state index contributed by atoms with van der Waals surface area (Å²) in [5, 5.41) is 4.15. The molecule has 0 bridgehead atoms. The lowest BCUT2D eigenvalue weighted by Crippen LogP contribution is -2.49. The van der Waals surface area contributed by atoms with E-state index in [1.807, 2.05) is 23.1 Å². The maximum absolute atomic E-state index is 13.2. The van der Waals surface area contributed by atoms with Crippen molar-refractivity contribution in [1.82, 2.24) is 10.2 Å². The van der Waals surface area contributed by atoms with Crippen LogP contribution in [-0.2, 0) is 17.6 Å². The topological polar surface area (TPSA) is 32.3 Å². The zero-order valence-electron chi connectivity index (χ0n) is 15.9. The van der Waals surface area contributed by atoms with Gasteiger partial charge >= 0.3 is 0 Å². The number of benzene rings is 2. The van der Waals surface area contributed by atoms with Gasteiger partial charge < -0.3 is 10.2 Å². The van der Waals surface area contributed by atoms with Gasteiger partial charge in [0, 0.05) is 19.5 Å². The summed E-state index contributed by atoms with van der Waals surface area (Å²) in [6.07, 6.45) is 5.34. The number of likely N-dealkylation sites (tertiary alicyclic amines) is 1. The molecule has 0 radical (unpaired) electrons. The predicted molar refractivity (Wildman–Crippen MR) is 117 cm³/mol. The Morgan fingerprint density at radius 1 is 1.18 bits per heavy atom. The van der Waals surface area contributed by atoms with Crippen LogP contribution in [0.3, 0.4) is 0 Å². The summed E-state index contributed by atoms with van der Waals surface area (Å²) in [4.78, 5) is 15.2. The average Bonchev–Trinajstić information content (AvgIpc) is 2.71. The molecular formula is C23H26Cl2N2O. The molecule has 1 saturated heterocycles. The Hall–Kier alpha value is -1.97. The highest BCUT2D eigenvalue weighted by molar-refractivity contribution is 6.42. The van der Waals surface area contributed by atoms with E-state index in [1.54, 1.807) is 12.3 Å².